The molecule has 2 aromatic rings. The molecule has 0 amide bonds. The van der Waals surface area contributed by atoms with Gasteiger partial charge in [0.25, 0.3) is 0 Å². The van der Waals surface area contributed by atoms with Gasteiger partial charge in [-0.3, -0.25) is 0 Å². The Morgan fingerprint density at radius 1 is 1.00 bits per heavy atom. The number of hydrogen-bond donors (Lipinski definition) is 2. The second-order valence-corrected chi connectivity index (χ2v) is 3.30. The lowest BCUT2D eigenvalue weighted by molar-refractivity contribution is 0.448. The molecule has 4 nitrogen and oxygen atoms in total. The molecular formula is C10H6F4N4. The van der Waals surface area contributed by atoms with Crippen molar-refractivity contribution in [2.24, 2.45) is 0 Å². The summed E-state index contributed by atoms with van der Waals surface area (Å²) >= 11 is 0. The van der Waals surface area contributed by atoms with Crippen LogP contribution in [0.3, 0.4) is 0 Å². The summed E-state index contributed by atoms with van der Waals surface area (Å²) in [6.07, 6.45) is 0.793. The summed E-state index contributed by atoms with van der Waals surface area (Å²) in [5, 5.41) is 2.27. The van der Waals surface area contributed by atoms with Gasteiger partial charge in [0.1, 0.15) is 0 Å². The van der Waals surface area contributed by atoms with Crippen molar-refractivity contribution in [1.29, 1.82) is 0 Å². The molecule has 0 aliphatic rings. The molecule has 8 heteroatoms. The minimum Gasteiger partial charge on any atom is -0.368 e. The van der Waals surface area contributed by atoms with Gasteiger partial charge in [-0.05, 0) is 0 Å². The molecule has 0 saturated carbocycles. The van der Waals surface area contributed by atoms with E-state index in [1.807, 2.05) is 0 Å². The highest BCUT2D eigenvalue weighted by atomic mass is 19.2. The van der Waals surface area contributed by atoms with Crippen molar-refractivity contribution < 1.29 is 17.6 Å². The van der Waals surface area contributed by atoms with Gasteiger partial charge in [-0.15, -0.1) is 0 Å². The van der Waals surface area contributed by atoms with Crippen molar-refractivity contribution in [3.63, 3.8) is 0 Å². The highest BCUT2D eigenvalue weighted by Gasteiger charge is 2.12. The van der Waals surface area contributed by atoms with Crippen LogP contribution in [0, 0.1) is 23.3 Å². The summed E-state index contributed by atoms with van der Waals surface area (Å²) in [6, 6.07) is 1.33. The van der Waals surface area contributed by atoms with E-state index in [9.17, 15) is 17.6 Å². The van der Waals surface area contributed by atoms with Gasteiger partial charge >= 0.3 is 0 Å². The van der Waals surface area contributed by atoms with Gasteiger partial charge < -0.3 is 11.1 Å². The van der Waals surface area contributed by atoms with Gasteiger partial charge in [0, 0.05) is 17.8 Å². The topological polar surface area (TPSA) is 63.8 Å². The molecule has 0 radical (unpaired) electrons. The first kappa shape index (κ1) is 12.1. The minimum absolute atomic E-state index is 0.205. The van der Waals surface area contributed by atoms with Gasteiger partial charge in [-0.25, -0.2) is 22.5 Å². The Morgan fingerprint density at radius 2 is 1.61 bits per heavy atom. The molecular weight excluding hydrogens is 252 g/mol. The average molecular weight is 258 g/mol. The number of halogens is 4. The maximum atomic E-state index is 13.2. The predicted octanol–water partition coefficient (Wildman–Crippen LogP) is 2.36. The van der Waals surface area contributed by atoms with Crippen LogP contribution in [-0.4, -0.2) is 9.97 Å². The summed E-state index contributed by atoms with van der Waals surface area (Å²) in [7, 11) is 0. The van der Waals surface area contributed by atoms with Crippen LogP contribution in [0.2, 0.25) is 0 Å². The van der Waals surface area contributed by atoms with Crippen molar-refractivity contribution in [2.45, 2.75) is 0 Å². The normalized spacial score (nSPS) is 10.4. The Kier molecular flexibility index (Phi) is 3.00. The largest absolute Gasteiger partial charge is 0.368 e. The lowest BCUT2D eigenvalue weighted by Gasteiger charge is -2.07. The van der Waals surface area contributed by atoms with Gasteiger partial charge in [0.2, 0.25) is 5.95 Å². The number of rotatable bonds is 2. The van der Waals surface area contributed by atoms with Crippen molar-refractivity contribution in [3.8, 4) is 0 Å². The highest BCUT2D eigenvalue weighted by Crippen LogP contribution is 2.22. The number of nitrogens with one attached hydrogen (secondary N) is 1. The number of nitrogen functional groups attached to an aromatic ring is 1. The van der Waals surface area contributed by atoms with Crippen LogP contribution in [0.15, 0.2) is 18.3 Å². The molecule has 0 spiro atoms. The molecule has 18 heavy (non-hydrogen) atoms. The third kappa shape index (κ3) is 2.31. The van der Waals surface area contributed by atoms with E-state index in [2.05, 4.69) is 15.3 Å². The molecule has 0 atom stereocenters. The average Bonchev–Trinajstić information content (AvgIpc) is 2.31. The molecule has 3 N–H and O–H groups in total. The minimum atomic E-state index is -1.61. The van der Waals surface area contributed by atoms with Crippen LogP contribution >= 0.6 is 0 Å². The SMILES string of the molecule is Nc1ncc(F)c(Nc2cc(F)c(F)c(F)c2)n1. The lowest BCUT2D eigenvalue weighted by Crippen LogP contribution is -2.03. The second kappa shape index (κ2) is 4.47. The van der Waals surface area contributed by atoms with Crippen LogP contribution in [0.1, 0.15) is 0 Å². The number of nitrogens with two attached hydrogens (primary N) is 1. The van der Waals surface area contributed by atoms with Crippen molar-refractivity contribution in [2.75, 3.05) is 11.1 Å². The van der Waals surface area contributed by atoms with Gasteiger partial charge in [0.05, 0.1) is 6.20 Å². The second-order valence-electron chi connectivity index (χ2n) is 3.30. The standard InChI is InChI=1S/C10H6F4N4/c11-5-1-4(2-6(12)8(5)14)17-9-7(13)3-16-10(15)18-9/h1-3H,(H3,15,16,17,18). The summed E-state index contributed by atoms with van der Waals surface area (Å²) in [4.78, 5) is 6.87. The Hall–Kier alpha value is -2.38. The highest BCUT2D eigenvalue weighted by molar-refractivity contribution is 5.57. The van der Waals surface area contributed by atoms with Gasteiger partial charge in [-0.1, -0.05) is 0 Å². The molecule has 94 valence electrons. The zero-order valence-electron chi connectivity index (χ0n) is 8.72. The van der Waals surface area contributed by atoms with E-state index in [0.717, 1.165) is 6.20 Å². The van der Waals surface area contributed by atoms with Gasteiger partial charge in [0.15, 0.2) is 29.1 Å². The Labute approximate surface area is 98.5 Å². The molecule has 0 saturated heterocycles. The molecule has 1 aromatic carbocycles. The van der Waals surface area contributed by atoms with Crippen molar-refractivity contribution in [3.05, 3.63) is 41.6 Å². The van der Waals surface area contributed by atoms with E-state index in [0.29, 0.717) is 12.1 Å². The van der Waals surface area contributed by atoms with Crippen molar-refractivity contribution >= 4 is 17.5 Å². The molecule has 0 aliphatic heterocycles. The summed E-state index contributed by atoms with van der Waals surface area (Å²) < 4.78 is 51.8. The Bertz CT molecular complexity index is 579. The first-order chi connectivity index (χ1) is 8.47. The van der Waals surface area contributed by atoms with Gasteiger partial charge in [-0.2, -0.15) is 4.98 Å². The number of anilines is 3. The summed E-state index contributed by atoms with van der Waals surface area (Å²) in [5.74, 6) is -5.87. The third-order valence-electron chi connectivity index (χ3n) is 2.01. The third-order valence-corrected chi connectivity index (χ3v) is 2.01. The number of hydrogen-bond acceptors (Lipinski definition) is 4. The van der Waals surface area contributed by atoms with Crippen LogP contribution in [-0.2, 0) is 0 Å². The molecule has 0 unspecified atom stereocenters. The maximum absolute atomic E-state index is 13.2. The molecule has 2 rings (SSSR count). The first-order valence-corrected chi connectivity index (χ1v) is 4.67. The molecule has 0 aliphatic carbocycles. The number of nitrogens with zero attached hydrogens (tertiary/aromatic N) is 2. The fourth-order valence-corrected chi connectivity index (χ4v) is 1.23. The van der Waals surface area contributed by atoms with Crippen molar-refractivity contribution in [1.82, 2.24) is 9.97 Å². The van der Waals surface area contributed by atoms with E-state index < -0.39 is 23.3 Å². The summed E-state index contributed by atoms with van der Waals surface area (Å²) in [5.41, 5.74) is 5.02. The number of aromatic nitrogens is 2. The van der Waals surface area contributed by atoms with Crippen LogP contribution in [0.4, 0.5) is 35.0 Å². The van der Waals surface area contributed by atoms with E-state index in [1.165, 1.54) is 0 Å². The predicted molar refractivity (Wildman–Crippen MR) is 56.0 cm³/mol. The maximum Gasteiger partial charge on any atom is 0.222 e. The summed E-state index contributed by atoms with van der Waals surface area (Å²) in [6.45, 7) is 0. The first-order valence-electron chi connectivity index (χ1n) is 4.67. The fourth-order valence-electron chi connectivity index (χ4n) is 1.23. The molecule has 0 bridgehead atoms. The number of benzene rings is 1. The van der Waals surface area contributed by atoms with E-state index in [-0.39, 0.29) is 17.5 Å². The molecule has 1 heterocycles. The monoisotopic (exact) mass is 258 g/mol. The lowest BCUT2D eigenvalue weighted by atomic mass is 10.3. The quantitative estimate of drug-likeness (QED) is 0.641. The molecule has 0 fully saturated rings. The zero-order chi connectivity index (χ0) is 13.3. The van der Waals surface area contributed by atoms with E-state index >= 15 is 0 Å². The smallest absolute Gasteiger partial charge is 0.222 e. The van der Waals surface area contributed by atoms with Crippen LogP contribution in [0.5, 0.6) is 0 Å². The van der Waals surface area contributed by atoms with Crippen LogP contribution < -0.4 is 11.1 Å². The van der Waals surface area contributed by atoms with E-state index in [1.54, 1.807) is 0 Å². The van der Waals surface area contributed by atoms with E-state index in [4.69, 9.17) is 5.73 Å². The fraction of sp³-hybridized carbons (Fsp3) is 0. The van der Waals surface area contributed by atoms with Crippen LogP contribution in [0.25, 0.3) is 0 Å². The zero-order valence-corrected chi connectivity index (χ0v) is 8.72. The Morgan fingerprint density at radius 3 is 2.22 bits per heavy atom. The molecule has 1 aromatic heterocycles. The Balaban J connectivity index is 2.37.